The van der Waals surface area contributed by atoms with Crippen LogP contribution in [0.2, 0.25) is 0 Å². The highest BCUT2D eigenvalue weighted by atomic mass is 79.9. The van der Waals surface area contributed by atoms with E-state index in [1.54, 1.807) is 0 Å². The number of halogens is 1. The monoisotopic (exact) mass is 364 g/mol. The van der Waals surface area contributed by atoms with Crippen molar-refractivity contribution >= 4 is 27.5 Å². The summed E-state index contributed by atoms with van der Waals surface area (Å²) in [6.07, 6.45) is 1.70. The fourth-order valence-corrected chi connectivity index (χ4v) is 4.78. The Morgan fingerprint density at radius 3 is 2.59 bits per heavy atom. The van der Waals surface area contributed by atoms with Crippen LogP contribution < -0.4 is 0 Å². The van der Waals surface area contributed by atoms with Gasteiger partial charge in [-0.15, -0.1) is 0 Å². The fourth-order valence-electron chi connectivity index (χ4n) is 4.47. The minimum atomic E-state index is -0.619. The second-order valence-corrected chi connectivity index (χ2v) is 8.11. The minimum Gasteiger partial charge on any atom is -0.506 e. The molecule has 0 radical (unpaired) electrons. The second-order valence-electron chi connectivity index (χ2n) is 7.32. The number of Topliss-reactive ketones (excluding diaryl/α,β-unsaturated/α-hetero) is 2. The molecule has 0 spiro atoms. The molecule has 1 aromatic rings. The molecule has 3 atom stereocenters. The third-order valence-electron chi connectivity index (χ3n) is 5.71. The van der Waals surface area contributed by atoms with Crippen LogP contribution in [0.5, 0.6) is 5.75 Å². The zero-order valence-electron chi connectivity index (χ0n) is 13.4. The number of aryl methyl sites for hydroxylation is 1. The molecule has 3 rings (SSSR count). The normalized spacial score (nSPS) is 30.6. The van der Waals surface area contributed by atoms with Crippen molar-refractivity contribution in [2.24, 2.45) is 17.3 Å². The summed E-state index contributed by atoms with van der Waals surface area (Å²) in [5.41, 5.74) is 1.36. The molecule has 3 nitrogen and oxygen atoms in total. The van der Waals surface area contributed by atoms with Crippen LogP contribution in [-0.2, 0) is 4.79 Å². The van der Waals surface area contributed by atoms with Gasteiger partial charge in [-0.2, -0.15) is 0 Å². The van der Waals surface area contributed by atoms with Gasteiger partial charge in [0.1, 0.15) is 5.75 Å². The van der Waals surface area contributed by atoms with Crippen LogP contribution in [0.4, 0.5) is 0 Å². The number of carbonyl (C=O) groups is 2. The van der Waals surface area contributed by atoms with Gasteiger partial charge in [-0.05, 0) is 58.7 Å². The molecule has 0 aliphatic heterocycles. The topological polar surface area (TPSA) is 54.4 Å². The molecule has 0 amide bonds. The number of carbonyl (C=O) groups excluding carboxylic acids is 2. The maximum atomic E-state index is 12.7. The molecule has 1 aromatic carbocycles. The fraction of sp³-hybridized carbons (Fsp3) is 0.556. The van der Waals surface area contributed by atoms with Crippen molar-refractivity contribution < 1.29 is 14.7 Å². The molecule has 0 bridgehead atoms. The Balaban J connectivity index is 2.32. The van der Waals surface area contributed by atoms with Crippen LogP contribution in [0.25, 0.3) is 0 Å². The first-order chi connectivity index (χ1) is 10.2. The average Bonchev–Trinajstić information content (AvgIpc) is 2.81. The summed E-state index contributed by atoms with van der Waals surface area (Å²) in [4.78, 5) is 25.3. The predicted molar refractivity (Wildman–Crippen MR) is 88.3 cm³/mol. The maximum absolute atomic E-state index is 12.7. The molecule has 2 aliphatic rings. The third-order valence-corrected chi connectivity index (χ3v) is 6.71. The van der Waals surface area contributed by atoms with Gasteiger partial charge >= 0.3 is 0 Å². The molecule has 118 valence electrons. The summed E-state index contributed by atoms with van der Waals surface area (Å²) >= 11 is 3.32. The molecule has 4 heteroatoms. The van der Waals surface area contributed by atoms with Gasteiger partial charge in [-0.1, -0.05) is 26.8 Å². The van der Waals surface area contributed by atoms with Crippen molar-refractivity contribution in [2.45, 2.75) is 46.5 Å². The predicted octanol–water partition coefficient (Wildman–Crippen LogP) is 4.38. The summed E-state index contributed by atoms with van der Waals surface area (Å²) in [5, 5.41) is 10.4. The van der Waals surface area contributed by atoms with Crippen molar-refractivity contribution in [3.05, 3.63) is 27.2 Å². The standard InChI is InChI=1S/C18H21BrO3/c1-8(2)10-5-6-18(4)13(10)11-7-9(3)14(19)15(20)12(11)16(21)17(18)22/h7-8,10,13,20H,5-6H2,1-4H3/t10-,13-,18-/m0/s1. The SMILES string of the molecule is Cc1cc2c(c(O)c1Br)C(=O)C(=O)[C@@]1(C)CC[C@@H](C(C)C)[C@@H]21. The molecule has 1 fully saturated rings. The number of hydrogen-bond acceptors (Lipinski definition) is 3. The van der Waals surface area contributed by atoms with Crippen LogP contribution in [0, 0.1) is 24.2 Å². The Bertz CT molecular complexity index is 692. The van der Waals surface area contributed by atoms with E-state index in [0.717, 1.165) is 24.0 Å². The highest BCUT2D eigenvalue weighted by molar-refractivity contribution is 9.10. The molecule has 0 heterocycles. The van der Waals surface area contributed by atoms with Crippen LogP contribution >= 0.6 is 15.9 Å². The lowest BCUT2D eigenvalue weighted by atomic mass is 9.62. The number of hydrogen-bond donors (Lipinski definition) is 1. The summed E-state index contributed by atoms with van der Waals surface area (Å²) in [5.74, 6) is -0.127. The molecule has 0 aromatic heterocycles. The van der Waals surface area contributed by atoms with Gasteiger partial charge in [0.05, 0.1) is 10.0 Å². The molecule has 2 aliphatic carbocycles. The third kappa shape index (κ3) is 1.86. The maximum Gasteiger partial charge on any atom is 0.233 e. The highest BCUT2D eigenvalue weighted by Gasteiger charge is 2.57. The lowest BCUT2D eigenvalue weighted by molar-refractivity contribution is -0.124. The van der Waals surface area contributed by atoms with Gasteiger partial charge < -0.3 is 5.11 Å². The lowest BCUT2D eigenvalue weighted by Gasteiger charge is -2.39. The quantitative estimate of drug-likeness (QED) is 0.752. The molecule has 0 unspecified atom stereocenters. The first-order valence-corrected chi connectivity index (χ1v) is 8.60. The van der Waals surface area contributed by atoms with Gasteiger partial charge in [0.25, 0.3) is 0 Å². The number of fused-ring (bicyclic) bond motifs is 3. The van der Waals surface area contributed by atoms with E-state index in [2.05, 4.69) is 29.8 Å². The smallest absolute Gasteiger partial charge is 0.233 e. The van der Waals surface area contributed by atoms with Crippen LogP contribution in [0.15, 0.2) is 10.5 Å². The molecular weight excluding hydrogens is 344 g/mol. The number of phenols is 1. The summed E-state index contributed by atoms with van der Waals surface area (Å²) in [6.45, 7) is 8.17. The molecule has 1 saturated carbocycles. The van der Waals surface area contributed by atoms with Crippen molar-refractivity contribution in [2.75, 3.05) is 0 Å². The number of aromatic hydroxyl groups is 1. The van der Waals surface area contributed by atoms with E-state index in [1.165, 1.54) is 0 Å². The second kappa shape index (κ2) is 4.92. The first kappa shape index (κ1) is 15.7. The Kier molecular flexibility index (Phi) is 3.52. The highest BCUT2D eigenvalue weighted by Crippen LogP contribution is 2.60. The molecule has 1 N–H and O–H groups in total. The Hall–Kier alpha value is -1.16. The number of rotatable bonds is 1. The first-order valence-electron chi connectivity index (χ1n) is 7.81. The van der Waals surface area contributed by atoms with Gasteiger partial charge in [0.2, 0.25) is 11.6 Å². The van der Waals surface area contributed by atoms with E-state index < -0.39 is 11.2 Å². The van der Waals surface area contributed by atoms with Crippen molar-refractivity contribution in [1.29, 1.82) is 0 Å². The Morgan fingerprint density at radius 1 is 1.36 bits per heavy atom. The van der Waals surface area contributed by atoms with Gasteiger partial charge in [0.15, 0.2) is 0 Å². The number of benzene rings is 1. The largest absolute Gasteiger partial charge is 0.506 e. The summed E-state index contributed by atoms with van der Waals surface area (Å²) in [7, 11) is 0. The molecular formula is C18H21BrO3. The minimum absolute atomic E-state index is 0.0189. The zero-order valence-corrected chi connectivity index (χ0v) is 15.0. The molecule has 0 saturated heterocycles. The van der Waals surface area contributed by atoms with E-state index in [1.807, 2.05) is 19.9 Å². The Labute approximate surface area is 139 Å². The van der Waals surface area contributed by atoms with Crippen molar-refractivity contribution in [1.82, 2.24) is 0 Å². The Morgan fingerprint density at radius 2 is 2.00 bits per heavy atom. The summed E-state index contributed by atoms with van der Waals surface area (Å²) in [6, 6.07) is 1.98. The van der Waals surface area contributed by atoms with E-state index in [9.17, 15) is 14.7 Å². The van der Waals surface area contributed by atoms with Crippen LogP contribution in [-0.4, -0.2) is 16.7 Å². The van der Waals surface area contributed by atoms with Crippen LogP contribution in [0.1, 0.15) is 61.0 Å². The van der Waals surface area contributed by atoms with E-state index >= 15 is 0 Å². The number of ketones is 2. The van der Waals surface area contributed by atoms with Crippen molar-refractivity contribution in [3.8, 4) is 5.75 Å². The van der Waals surface area contributed by atoms with E-state index in [0.29, 0.717) is 16.3 Å². The zero-order chi connectivity index (χ0) is 16.4. The van der Waals surface area contributed by atoms with Gasteiger partial charge in [-0.25, -0.2) is 0 Å². The van der Waals surface area contributed by atoms with E-state index in [-0.39, 0.29) is 23.0 Å². The van der Waals surface area contributed by atoms with Crippen molar-refractivity contribution in [3.63, 3.8) is 0 Å². The van der Waals surface area contributed by atoms with E-state index in [4.69, 9.17) is 0 Å². The molecule has 22 heavy (non-hydrogen) atoms. The lowest BCUT2D eigenvalue weighted by Crippen LogP contribution is -2.43. The summed E-state index contributed by atoms with van der Waals surface area (Å²) < 4.78 is 0.509. The number of phenolic OH excluding ortho intramolecular Hbond substituents is 1. The van der Waals surface area contributed by atoms with Crippen LogP contribution in [0.3, 0.4) is 0 Å². The van der Waals surface area contributed by atoms with Gasteiger partial charge in [0, 0.05) is 11.3 Å². The van der Waals surface area contributed by atoms with Gasteiger partial charge in [-0.3, -0.25) is 9.59 Å². The average molecular weight is 365 g/mol.